The van der Waals surface area contributed by atoms with Crippen LogP contribution in [0.25, 0.3) is 0 Å². The van der Waals surface area contributed by atoms with E-state index in [1.807, 2.05) is 6.92 Å². The molecule has 7 heteroatoms. The van der Waals surface area contributed by atoms with Crippen LogP contribution in [0, 0.1) is 0 Å². The summed E-state index contributed by atoms with van der Waals surface area (Å²) < 4.78 is 0. The molecule has 0 radical (unpaired) electrons. The Labute approximate surface area is 130 Å². The molecule has 0 spiro atoms. The number of hydrogen-bond acceptors (Lipinski definition) is 5. The van der Waals surface area contributed by atoms with Crippen molar-refractivity contribution in [2.75, 3.05) is 25.4 Å². The van der Waals surface area contributed by atoms with Crippen LogP contribution in [-0.4, -0.2) is 46.5 Å². The molecular formula is C15H25N5O2. The van der Waals surface area contributed by atoms with Gasteiger partial charge in [-0.2, -0.15) is 0 Å². The average Bonchev–Trinajstić information content (AvgIpc) is 2.74. The smallest absolute Gasteiger partial charge is 0.252 e. The molecule has 0 bridgehead atoms. The lowest BCUT2D eigenvalue weighted by Crippen LogP contribution is -2.46. The monoisotopic (exact) mass is 307 g/mol. The molecular weight excluding hydrogens is 282 g/mol. The zero-order valence-electron chi connectivity index (χ0n) is 13.1. The third-order valence-corrected chi connectivity index (χ3v) is 4.04. The van der Waals surface area contributed by atoms with Gasteiger partial charge in [-0.05, 0) is 32.9 Å². The Hall–Kier alpha value is -1.89. The quantitative estimate of drug-likeness (QED) is 0.724. The minimum Gasteiger partial charge on any atom is -0.383 e. The number of nitrogen functional groups attached to an aromatic ring is 1. The molecule has 0 aromatic carbocycles. The Kier molecular flexibility index (Phi) is 5.94. The number of carbonyl (C=O) groups is 1. The number of nitrogens with zero attached hydrogens (tertiary/aromatic N) is 2. The molecule has 1 atom stereocenters. The van der Waals surface area contributed by atoms with Gasteiger partial charge in [0.2, 0.25) is 5.91 Å². The average molecular weight is 307 g/mol. The van der Waals surface area contributed by atoms with Crippen molar-refractivity contribution in [3.8, 4) is 0 Å². The largest absolute Gasteiger partial charge is 0.383 e. The molecule has 4 N–H and O–H groups in total. The molecule has 1 fully saturated rings. The molecule has 1 aliphatic rings. The fourth-order valence-electron chi connectivity index (χ4n) is 2.75. The highest BCUT2D eigenvalue weighted by Gasteiger charge is 2.21. The Morgan fingerprint density at radius 1 is 1.41 bits per heavy atom. The Bertz CT molecular complexity index is 549. The van der Waals surface area contributed by atoms with Crippen molar-refractivity contribution < 1.29 is 4.79 Å². The van der Waals surface area contributed by atoms with Crippen molar-refractivity contribution in [2.45, 2.75) is 45.1 Å². The van der Waals surface area contributed by atoms with Gasteiger partial charge in [0, 0.05) is 19.0 Å². The molecule has 1 amide bonds. The lowest BCUT2D eigenvalue weighted by atomic mass is 10.2. The van der Waals surface area contributed by atoms with Gasteiger partial charge in [-0.3, -0.25) is 14.5 Å². The van der Waals surface area contributed by atoms with Gasteiger partial charge in [-0.25, -0.2) is 4.98 Å². The van der Waals surface area contributed by atoms with Gasteiger partial charge in [0.05, 0.1) is 6.04 Å². The minimum absolute atomic E-state index is 0.0214. The summed E-state index contributed by atoms with van der Waals surface area (Å²) in [6.07, 6.45) is 5.27. The van der Waals surface area contributed by atoms with Crippen molar-refractivity contribution in [1.29, 1.82) is 0 Å². The molecule has 2 rings (SSSR count). The molecule has 1 aromatic heterocycles. The zero-order valence-corrected chi connectivity index (χ0v) is 13.1. The van der Waals surface area contributed by atoms with E-state index in [0.717, 1.165) is 25.9 Å². The lowest BCUT2D eigenvalue weighted by molar-refractivity contribution is -0.125. The minimum atomic E-state index is -0.272. The van der Waals surface area contributed by atoms with Crippen LogP contribution in [0.15, 0.2) is 10.9 Å². The number of nitrogens with two attached hydrogens (primary N) is 1. The van der Waals surface area contributed by atoms with Crippen molar-refractivity contribution in [3.63, 3.8) is 0 Å². The fraction of sp³-hybridized carbons (Fsp3) is 0.667. The summed E-state index contributed by atoms with van der Waals surface area (Å²) in [6.45, 7) is 4.35. The van der Waals surface area contributed by atoms with E-state index in [9.17, 15) is 9.59 Å². The maximum Gasteiger partial charge on any atom is 0.252 e. The molecule has 0 aliphatic carbocycles. The zero-order chi connectivity index (χ0) is 15.9. The third-order valence-electron chi connectivity index (χ3n) is 4.04. The lowest BCUT2D eigenvalue weighted by Gasteiger charge is -2.26. The van der Waals surface area contributed by atoms with Gasteiger partial charge in [0.25, 0.3) is 5.56 Å². The predicted molar refractivity (Wildman–Crippen MR) is 85.5 cm³/mol. The van der Waals surface area contributed by atoms with Crippen LogP contribution >= 0.6 is 0 Å². The SMILES string of the molecule is C[C@H](C(=O)NCCc1nc(N)cc(=O)[nH]1)N1CCCCCC1. The van der Waals surface area contributed by atoms with E-state index in [1.54, 1.807) is 0 Å². The summed E-state index contributed by atoms with van der Waals surface area (Å²) in [5.41, 5.74) is 5.25. The number of rotatable bonds is 5. The maximum atomic E-state index is 12.2. The highest BCUT2D eigenvalue weighted by Crippen LogP contribution is 2.12. The van der Waals surface area contributed by atoms with Crippen LogP contribution in [0.3, 0.4) is 0 Å². The summed E-state index contributed by atoms with van der Waals surface area (Å²) in [6, 6.07) is 1.12. The Morgan fingerprint density at radius 2 is 2.09 bits per heavy atom. The fourth-order valence-corrected chi connectivity index (χ4v) is 2.75. The van der Waals surface area contributed by atoms with Crippen LogP contribution in [0.5, 0.6) is 0 Å². The number of amides is 1. The number of aromatic nitrogens is 2. The van der Waals surface area contributed by atoms with Gasteiger partial charge in [-0.1, -0.05) is 12.8 Å². The van der Waals surface area contributed by atoms with Crippen molar-refractivity contribution in [3.05, 3.63) is 22.2 Å². The number of likely N-dealkylation sites (tertiary alicyclic amines) is 1. The van der Waals surface area contributed by atoms with E-state index in [4.69, 9.17) is 5.73 Å². The van der Waals surface area contributed by atoms with E-state index >= 15 is 0 Å². The number of hydrogen-bond donors (Lipinski definition) is 3. The number of nitrogens with one attached hydrogen (secondary N) is 2. The van der Waals surface area contributed by atoms with Crippen LogP contribution in [0.2, 0.25) is 0 Å². The number of carbonyl (C=O) groups excluding carboxylic acids is 1. The van der Waals surface area contributed by atoms with Crippen molar-refractivity contribution in [2.24, 2.45) is 0 Å². The molecule has 22 heavy (non-hydrogen) atoms. The molecule has 1 saturated heterocycles. The van der Waals surface area contributed by atoms with Gasteiger partial charge >= 0.3 is 0 Å². The highest BCUT2D eigenvalue weighted by atomic mass is 16.2. The van der Waals surface area contributed by atoms with Crippen LogP contribution < -0.4 is 16.6 Å². The summed E-state index contributed by atoms with van der Waals surface area (Å²) in [5.74, 6) is 0.712. The van der Waals surface area contributed by atoms with Crippen molar-refractivity contribution >= 4 is 11.7 Å². The standard InChI is InChI=1S/C15H25N5O2/c1-11(20-8-4-2-3-5-9-20)15(22)17-7-6-13-18-12(16)10-14(21)19-13/h10-11H,2-9H2,1H3,(H,17,22)(H3,16,18,19,21)/t11-/m1/s1. The molecule has 1 aromatic rings. The van der Waals surface area contributed by atoms with Gasteiger partial charge in [-0.15, -0.1) is 0 Å². The normalized spacial score (nSPS) is 17.7. The number of H-pyrrole nitrogens is 1. The maximum absolute atomic E-state index is 12.2. The molecule has 1 aliphatic heterocycles. The van der Waals surface area contributed by atoms with Crippen LogP contribution in [0.4, 0.5) is 5.82 Å². The molecule has 7 nitrogen and oxygen atoms in total. The summed E-state index contributed by atoms with van der Waals surface area (Å²) in [7, 11) is 0. The number of aromatic amines is 1. The van der Waals surface area contributed by atoms with E-state index in [-0.39, 0.29) is 23.3 Å². The number of anilines is 1. The van der Waals surface area contributed by atoms with E-state index < -0.39 is 0 Å². The first-order valence-corrected chi connectivity index (χ1v) is 7.94. The first kappa shape index (κ1) is 16.5. The second kappa shape index (κ2) is 7.93. The van der Waals surface area contributed by atoms with E-state index in [2.05, 4.69) is 20.2 Å². The molecule has 122 valence electrons. The third kappa shape index (κ3) is 4.84. The first-order chi connectivity index (χ1) is 10.6. The highest BCUT2D eigenvalue weighted by molar-refractivity contribution is 5.81. The second-order valence-corrected chi connectivity index (χ2v) is 5.78. The van der Waals surface area contributed by atoms with E-state index in [0.29, 0.717) is 18.8 Å². The Balaban J connectivity index is 1.80. The summed E-state index contributed by atoms with van der Waals surface area (Å²) in [4.78, 5) is 32.4. The molecule has 0 saturated carbocycles. The van der Waals surface area contributed by atoms with Crippen LogP contribution in [-0.2, 0) is 11.2 Å². The topological polar surface area (TPSA) is 104 Å². The first-order valence-electron chi connectivity index (χ1n) is 7.94. The summed E-state index contributed by atoms with van der Waals surface area (Å²) in [5, 5.41) is 2.90. The molecule has 2 heterocycles. The second-order valence-electron chi connectivity index (χ2n) is 5.78. The van der Waals surface area contributed by atoms with Gasteiger partial charge < -0.3 is 16.0 Å². The Morgan fingerprint density at radius 3 is 2.73 bits per heavy atom. The van der Waals surface area contributed by atoms with Crippen molar-refractivity contribution in [1.82, 2.24) is 20.2 Å². The molecule has 0 unspecified atom stereocenters. The van der Waals surface area contributed by atoms with Gasteiger partial charge in [0.15, 0.2) is 0 Å². The predicted octanol–water partition coefficient (Wildman–Crippen LogP) is 0.275. The van der Waals surface area contributed by atoms with Gasteiger partial charge in [0.1, 0.15) is 11.6 Å². The summed E-state index contributed by atoms with van der Waals surface area (Å²) >= 11 is 0. The van der Waals surface area contributed by atoms with Crippen LogP contribution in [0.1, 0.15) is 38.4 Å². The van der Waals surface area contributed by atoms with E-state index in [1.165, 1.54) is 18.9 Å².